The van der Waals surface area contributed by atoms with E-state index >= 15 is 0 Å². The lowest BCUT2D eigenvalue weighted by Crippen LogP contribution is -2.49. The van der Waals surface area contributed by atoms with E-state index < -0.39 is 41.4 Å². The number of hydrazine groups is 1. The van der Waals surface area contributed by atoms with E-state index in [1.807, 2.05) is 36.4 Å². The summed E-state index contributed by atoms with van der Waals surface area (Å²) in [4.78, 5) is 50.4. The second kappa shape index (κ2) is 7.86. The van der Waals surface area contributed by atoms with Crippen molar-refractivity contribution in [2.24, 2.45) is 0 Å². The number of carbonyl (C=O) groups is 4. The van der Waals surface area contributed by atoms with Gasteiger partial charge in [0.15, 0.2) is 6.61 Å². The molecule has 2 fully saturated rings. The second-order valence-corrected chi connectivity index (χ2v) is 7.75. The summed E-state index contributed by atoms with van der Waals surface area (Å²) in [5.74, 6) is -1.84. The van der Waals surface area contributed by atoms with E-state index in [0.29, 0.717) is 29.8 Å². The molecule has 4 amide bonds. The molecule has 2 N–H and O–H groups in total. The smallest absolute Gasteiger partial charge is 0.344 e. The maximum Gasteiger partial charge on any atom is 0.344 e. The molecule has 0 bridgehead atoms. The van der Waals surface area contributed by atoms with Gasteiger partial charge in [0, 0.05) is 0 Å². The normalized spacial score (nSPS) is 21.4. The number of esters is 1. The van der Waals surface area contributed by atoms with E-state index in [4.69, 9.17) is 4.74 Å². The Bertz CT molecular complexity index is 1020. The van der Waals surface area contributed by atoms with Crippen LogP contribution < -0.4 is 10.7 Å². The molecule has 31 heavy (non-hydrogen) atoms. The minimum Gasteiger partial charge on any atom is -0.455 e. The molecule has 4 rings (SSSR count). The standard InChI is InChI=1S/C23H23N3O5/c1-2-23(17-11-7-4-8-12-17)19(28)26(21(30)24-23)25-18(27)15-31-20(29)22(13-14-22)16-9-5-3-6-10-16/h3-12H,2,13-15H2,1H3,(H,24,30)(H,25,27)/t23-/m0/s1. The number of carbonyl (C=O) groups excluding carboxylic acids is 4. The summed E-state index contributed by atoms with van der Waals surface area (Å²) in [5, 5.41) is 3.32. The van der Waals surface area contributed by atoms with Crippen molar-refractivity contribution in [2.45, 2.75) is 37.1 Å². The van der Waals surface area contributed by atoms with Crippen LogP contribution in [-0.2, 0) is 30.1 Å². The van der Waals surface area contributed by atoms with E-state index in [-0.39, 0.29) is 0 Å². The van der Waals surface area contributed by atoms with Crippen LogP contribution in [0.3, 0.4) is 0 Å². The van der Waals surface area contributed by atoms with Crippen LogP contribution in [0.5, 0.6) is 0 Å². The molecule has 1 atom stereocenters. The molecule has 1 heterocycles. The zero-order valence-electron chi connectivity index (χ0n) is 17.1. The molecule has 1 saturated heterocycles. The number of rotatable bonds is 7. The first kappa shape index (κ1) is 20.6. The van der Waals surface area contributed by atoms with Crippen LogP contribution in [0, 0.1) is 0 Å². The largest absolute Gasteiger partial charge is 0.455 e. The zero-order chi connectivity index (χ0) is 22.1. The Kier molecular flexibility index (Phi) is 5.22. The predicted molar refractivity (Wildman–Crippen MR) is 110 cm³/mol. The Morgan fingerprint density at radius 3 is 2.13 bits per heavy atom. The van der Waals surface area contributed by atoms with Crippen molar-refractivity contribution in [1.82, 2.24) is 15.8 Å². The molecular formula is C23H23N3O5. The summed E-state index contributed by atoms with van der Waals surface area (Å²) in [7, 11) is 0. The van der Waals surface area contributed by atoms with Gasteiger partial charge in [0.25, 0.3) is 11.8 Å². The molecule has 2 aromatic rings. The van der Waals surface area contributed by atoms with Crippen molar-refractivity contribution in [3.8, 4) is 0 Å². The van der Waals surface area contributed by atoms with Crippen LogP contribution >= 0.6 is 0 Å². The highest BCUT2D eigenvalue weighted by molar-refractivity contribution is 6.08. The Hall–Kier alpha value is -3.68. The number of benzene rings is 2. The summed E-state index contributed by atoms with van der Waals surface area (Å²) < 4.78 is 5.21. The average molecular weight is 421 g/mol. The molecule has 1 aliphatic carbocycles. The van der Waals surface area contributed by atoms with Gasteiger partial charge in [-0.3, -0.25) is 19.8 Å². The van der Waals surface area contributed by atoms with Crippen molar-refractivity contribution in [3.05, 3.63) is 71.8 Å². The number of urea groups is 1. The number of nitrogens with one attached hydrogen (secondary N) is 2. The quantitative estimate of drug-likeness (QED) is 0.527. The monoisotopic (exact) mass is 421 g/mol. The molecule has 0 unspecified atom stereocenters. The maximum absolute atomic E-state index is 13.0. The lowest BCUT2D eigenvalue weighted by molar-refractivity contribution is -0.152. The Labute approximate surface area is 179 Å². The van der Waals surface area contributed by atoms with E-state index in [1.165, 1.54) is 0 Å². The topological polar surface area (TPSA) is 105 Å². The second-order valence-electron chi connectivity index (χ2n) is 7.75. The van der Waals surface area contributed by atoms with Crippen molar-refractivity contribution < 1.29 is 23.9 Å². The van der Waals surface area contributed by atoms with E-state index in [9.17, 15) is 19.2 Å². The van der Waals surface area contributed by atoms with Crippen LogP contribution in [0.4, 0.5) is 4.79 Å². The number of hydrogen-bond acceptors (Lipinski definition) is 5. The third-order valence-electron chi connectivity index (χ3n) is 5.93. The van der Waals surface area contributed by atoms with Gasteiger partial charge in [0.2, 0.25) is 0 Å². The Morgan fingerprint density at radius 2 is 1.58 bits per heavy atom. The fourth-order valence-electron chi connectivity index (χ4n) is 3.96. The highest BCUT2D eigenvalue weighted by Crippen LogP contribution is 2.49. The molecule has 0 aromatic heterocycles. The lowest BCUT2D eigenvalue weighted by atomic mass is 9.87. The van der Waals surface area contributed by atoms with Gasteiger partial charge in [-0.2, -0.15) is 5.01 Å². The fraction of sp³-hybridized carbons (Fsp3) is 0.304. The van der Waals surface area contributed by atoms with E-state index in [0.717, 1.165) is 5.56 Å². The van der Waals surface area contributed by atoms with E-state index in [2.05, 4.69) is 10.7 Å². The molecule has 1 saturated carbocycles. The lowest BCUT2D eigenvalue weighted by Gasteiger charge is -2.25. The van der Waals surface area contributed by atoms with Gasteiger partial charge >= 0.3 is 12.0 Å². The number of amides is 4. The number of hydrogen-bond donors (Lipinski definition) is 2. The first-order chi connectivity index (χ1) is 14.9. The minimum atomic E-state index is -1.26. The third-order valence-corrected chi connectivity index (χ3v) is 5.93. The van der Waals surface area contributed by atoms with Crippen molar-refractivity contribution in [3.63, 3.8) is 0 Å². The molecule has 8 heteroatoms. The van der Waals surface area contributed by atoms with Crippen LogP contribution in [0.1, 0.15) is 37.3 Å². The fourth-order valence-corrected chi connectivity index (χ4v) is 3.96. The highest BCUT2D eigenvalue weighted by Gasteiger charge is 2.54. The zero-order valence-corrected chi connectivity index (χ0v) is 17.1. The maximum atomic E-state index is 13.0. The van der Waals surface area contributed by atoms with Gasteiger partial charge in [0.1, 0.15) is 5.54 Å². The van der Waals surface area contributed by atoms with Crippen LogP contribution in [0.25, 0.3) is 0 Å². The molecule has 0 spiro atoms. The van der Waals surface area contributed by atoms with Gasteiger partial charge in [-0.05, 0) is 30.4 Å². The number of ether oxygens (including phenoxy) is 1. The predicted octanol–water partition coefficient (Wildman–Crippen LogP) is 2.15. The molecule has 2 aromatic carbocycles. The Balaban J connectivity index is 1.39. The highest BCUT2D eigenvalue weighted by atomic mass is 16.5. The molecule has 8 nitrogen and oxygen atoms in total. The first-order valence-corrected chi connectivity index (χ1v) is 10.2. The van der Waals surface area contributed by atoms with Crippen molar-refractivity contribution >= 4 is 23.8 Å². The molecular weight excluding hydrogens is 398 g/mol. The summed E-state index contributed by atoms with van der Waals surface area (Å²) >= 11 is 0. The number of imide groups is 1. The van der Waals surface area contributed by atoms with Gasteiger partial charge in [0.05, 0.1) is 5.41 Å². The molecule has 1 aliphatic heterocycles. The van der Waals surface area contributed by atoms with Gasteiger partial charge < -0.3 is 10.1 Å². The van der Waals surface area contributed by atoms with Gasteiger partial charge in [-0.25, -0.2) is 4.79 Å². The number of nitrogens with zero attached hydrogens (tertiary/aromatic N) is 1. The first-order valence-electron chi connectivity index (χ1n) is 10.2. The third kappa shape index (κ3) is 3.54. The summed E-state index contributed by atoms with van der Waals surface area (Å²) in [6.07, 6.45) is 1.61. The van der Waals surface area contributed by atoms with Crippen molar-refractivity contribution in [1.29, 1.82) is 0 Å². The molecule has 2 aliphatic rings. The van der Waals surface area contributed by atoms with Crippen molar-refractivity contribution in [2.75, 3.05) is 6.61 Å². The molecule has 0 radical (unpaired) electrons. The van der Waals surface area contributed by atoms with Gasteiger partial charge in [-0.1, -0.05) is 67.6 Å². The van der Waals surface area contributed by atoms with Crippen LogP contribution in [0.15, 0.2) is 60.7 Å². The summed E-state index contributed by atoms with van der Waals surface area (Å²) in [6.45, 7) is 1.19. The van der Waals surface area contributed by atoms with E-state index in [1.54, 1.807) is 31.2 Å². The summed E-state index contributed by atoms with van der Waals surface area (Å²) in [6, 6.07) is 17.4. The summed E-state index contributed by atoms with van der Waals surface area (Å²) in [5.41, 5.74) is 1.76. The van der Waals surface area contributed by atoms with Crippen LogP contribution in [0.2, 0.25) is 0 Å². The van der Waals surface area contributed by atoms with Gasteiger partial charge in [-0.15, -0.1) is 0 Å². The van der Waals surface area contributed by atoms with Crippen LogP contribution in [-0.4, -0.2) is 35.4 Å². The minimum absolute atomic E-state index is 0.308. The molecule has 160 valence electrons. The Morgan fingerprint density at radius 1 is 1.00 bits per heavy atom. The SMILES string of the molecule is CC[C@@]1(c2ccccc2)NC(=O)N(NC(=O)COC(=O)C2(c3ccccc3)CC2)C1=O. The average Bonchev–Trinajstić information content (AvgIpc) is 3.58.